The molecule has 0 aliphatic carbocycles. The van der Waals surface area contributed by atoms with Gasteiger partial charge in [-0.3, -0.25) is 37.3 Å². The maximum Gasteiger partial charge on any atom is 0.472 e. The molecule has 0 radical (unpaired) electrons. The molecule has 6 atom stereocenters. The number of phosphoric acid groups is 2. The van der Waals surface area contributed by atoms with Gasteiger partial charge >= 0.3 is 39.5 Å². The zero-order chi connectivity index (χ0) is 63.6. The van der Waals surface area contributed by atoms with Crippen LogP contribution in [0, 0.1) is 11.8 Å². The summed E-state index contributed by atoms with van der Waals surface area (Å²) in [5, 5.41) is 10.5. The van der Waals surface area contributed by atoms with E-state index in [1.807, 2.05) is 0 Å². The number of hydrogen-bond donors (Lipinski definition) is 3. The Balaban J connectivity index is 5.16. The van der Waals surface area contributed by atoms with Gasteiger partial charge in [0.05, 0.1) is 26.4 Å². The summed E-state index contributed by atoms with van der Waals surface area (Å²) in [7, 11) is -9.88. The van der Waals surface area contributed by atoms with Crippen LogP contribution in [0.5, 0.6) is 0 Å². The van der Waals surface area contributed by atoms with Crippen molar-refractivity contribution in [2.45, 2.75) is 355 Å². The van der Waals surface area contributed by atoms with Crippen molar-refractivity contribution < 1.29 is 80.2 Å². The fourth-order valence-electron chi connectivity index (χ4n) is 10.0. The zero-order valence-corrected chi connectivity index (χ0v) is 57.4. The summed E-state index contributed by atoms with van der Waals surface area (Å²) in [5.74, 6) is -0.618. The number of carbonyl (C=O) groups excluding carboxylic acids is 4. The van der Waals surface area contributed by atoms with Crippen LogP contribution < -0.4 is 0 Å². The summed E-state index contributed by atoms with van der Waals surface area (Å²) in [6.07, 6.45) is 43.5. The van der Waals surface area contributed by atoms with Crippen molar-refractivity contribution in [2.75, 3.05) is 39.6 Å². The molecular weight excluding hydrogens is 1140 g/mol. The highest BCUT2D eigenvalue weighted by atomic mass is 31.2. The molecule has 0 heterocycles. The minimum absolute atomic E-state index is 0.102. The van der Waals surface area contributed by atoms with E-state index >= 15 is 0 Å². The molecule has 17 nitrogen and oxygen atoms in total. The summed E-state index contributed by atoms with van der Waals surface area (Å²) in [5.41, 5.74) is 0. The van der Waals surface area contributed by atoms with Gasteiger partial charge in [0, 0.05) is 25.7 Å². The van der Waals surface area contributed by atoms with Gasteiger partial charge < -0.3 is 33.8 Å². The highest BCUT2D eigenvalue weighted by Gasteiger charge is 2.30. The average molecular weight is 1270 g/mol. The highest BCUT2D eigenvalue weighted by molar-refractivity contribution is 7.47. The quantitative estimate of drug-likeness (QED) is 0.0222. The molecular formula is C67H130O17P2. The van der Waals surface area contributed by atoms with Crippen LogP contribution in [0.25, 0.3) is 0 Å². The molecule has 3 unspecified atom stereocenters. The first-order valence-corrected chi connectivity index (χ1v) is 38.0. The molecule has 0 rings (SSSR count). The highest BCUT2D eigenvalue weighted by Crippen LogP contribution is 2.45. The average Bonchev–Trinajstić information content (AvgIpc) is 3.58. The lowest BCUT2D eigenvalue weighted by Crippen LogP contribution is -2.30. The Morgan fingerprint density at radius 2 is 0.593 bits per heavy atom. The minimum Gasteiger partial charge on any atom is -0.462 e. The van der Waals surface area contributed by atoms with Crippen LogP contribution in [-0.2, 0) is 65.4 Å². The summed E-state index contributed by atoms with van der Waals surface area (Å²) in [6, 6.07) is 0. The van der Waals surface area contributed by atoms with Gasteiger partial charge in [0.2, 0.25) is 0 Å². The summed E-state index contributed by atoms with van der Waals surface area (Å²) < 4.78 is 67.9. The molecule has 0 spiro atoms. The third-order valence-corrected chi connectivity index (χ3v) is 17.7. The van der Waals surface area contributed by atoms with Crippen LogP contribution in [-0.4, -0.2) is 96.7 Å². The first-order chi connectivity index (χ1) is 41.4. The Kier molecular flexibility index (Phi) is 58.0. The first-order valence-electron chi connectivity index (χ1n) is 35.0. The smallest absolute Gasteiger partial charge is 0.462 e. The number of hydrogen-bond acceptors (Lipinski definition) is 15. The fraction of sp³-hybridized carbons (Fsp3) is 0.940. The van der Waals surface area contributed by atoms with Crippen LogP contribution in [0.1, 0.15) is 337 Å². The van der Waals surface area contributed by atoms with Gasteiger partial charge in [-0.15, -0.1) is 0 Å². The zero-order valence-electron chi connectivity index (χ0n) is 55.6. The summed E-state index contributed by atoms with van der Waals surface area (Å²) in [6.45, 7) is 9.41. The van der Waals surface area contributed by atoms with Crippen molar-refractivity contribution in [3.63, 3.8) is 0 Å². The molecule has 0 aromatic rings. The van der Waals surface area contributed by atoms with Crippen molar-refractivity contribution in [3.8, 4) is 0 Å². The van der Waals surface area contributed by atoms with Crippen LogP contribution >= 0.6 is 15.6 Å². The number of unbranched alkanes of at least 4 members (excludes halogenated alkanes) is 35. The maximum atomic E-state index is 13.0. The number of carbonyl (C=O) groups is 4. The molecule has 3 N–H and O–H groups in total. The number of aliphatic hydroxyl groups excluding tert-OH is 1. The Bertz CT molecular complexity index is 1690. The van der Waals surface area contributed by atoms with Crippen LogP contribution in [0.15, 0.2) is 0 Å². The largest absolute Gasteiger partial charge is 0.472 e. The van der Waals surface area contributed by atoms with E-state index in [2.05, 4.69) is 41.5 Å². The van der Waals surface area contributed by atoms with Gasteiger partial charge in [0.1, 0.15) is 19.3 Å². The SMILES string of the molecule is CCCCCCCCCCCCCCCC(=O)OC[C@H](COP(=O)(O)OC[C@@H](O)COP(=O)(O)OC[C@@H](COC(=O)CCCCCCC)OC(=O)CCCCCCCCC(C)CC)OC(=O)CCCCCCCCCCCCCCCCCC(C)C. The summed E-state index contributed by atoms with van der Waals surface area (Å²) in [4.78, 5) is 72.1. The van der Waals surface area contributed by atoms with Crippen molar-refractivity contribution in [2.24, 2.45) is 11.8 Å². The van der Waals surface area contributed by atoms with Crippen LogP contribution in [0.3, 0.4) is 0 Å². The van der Waals surface area contributed by atoms with Gasteiger partial charge in [-0.05, 0) is 37.5 Å². The second-order valence-electron chi connectivity index (χ2n) is 24.9. The number of aliphatic hydroxyl groups is 1. The third-order valence-electron chi connectivity index (χ3n) is 15.8. The molecule has 0 saturated heterocycles. The van der Waals surface area contributed by atoms with E-state index in [9.17, 15) is 43.2 Å². The molecule has 510 valence electrons. The number of rotatable bonds is 66. The van der Waals surface area contributed by atoms with E-state index in [0.717, 1.165) is 108 Å². The topological polar surface area (TPSA) is 237 Å². The van der Waals surface area contributed by atoms with E-state index < -0.39 is 97.5 Å². The molecule has 0 fully saturated rings. The van der Waals surface area contributed by atoms with Gasteiger partial charge in [0.15, 0.2) is 12.2 Å². The second kappa shape index (κ2) is 59.4. The van der Waals surface area contributed by atoms with Gasteiger partial charge in [-0.2, -0.15) is 0 Å². The van der Waals surface area contributed by atoms with Crippen molar-refractivity contribution >= 4 is 39.5 Å². The molecule has 0 aliphatic rings. The molecule has 0 aromatic carbocycles. The molecule has 0 saturated carbocycles. The lowest BCUT2D eigenvalue weighted by Gasteiger charge is -2.21. The monoisotopic (exact) mass is 1270 g/mol. The number of esters is 4. The minimum atomic E-state index is -4.95. The van der Waals surface area contributed by atoms with E-state index in [1.54, 1.807) is 0 Å². The van der Waals surface area contributed by atoms with Crippen LogP contribution in [0.4, 0.5) is 0 Å². The van der Waals surface area contributed by atoms with Crippen molar-refractivity contribution in [1.29, 1.82) is 0 Å². The van der Waals surface area contributed by atoms with Gasteiger partial charge in [0.25, 0.3) is 0 Å². The Labute approximate surface area is 524 Å². The van der Waals surface area contributed by atoms with E-state index in [4.69, 9.17) is 37.0 Å². The molecule has 0 aromatic heterocycles. The van der Waals surface area contributed by atoms with E-state index in [0.29, 0.717) is 25.7 Å². The van der Waals surface area contributed by atoms with Crippen molar-refractivity contribution in [1.82, 2.24) is 0 Å². The number of ether oxygens (including phenoxy) is 4. The summed E-state index contributed by atoms with van der Waals surface area (Å²) >= 11 is 0. The third kappa shape index (κ3) is 59.7. The molecule has 0 aliphatic heterocycles. The van der Waals surface area contributed by atoms with Crippen molar-refractivity contribution in [3.05, 3.63) is 0 Å². The Morgan fingerprint density at radius 3 is 0.884 bits per heavy atom. The molecule has 0 amide bonds. The predicted molar refractivity (Wildman–Crippen MR) is 345 cm³/mol. The normalized spacial score (nSPS) is 14.5. The Morgan fingerprint density at radius 1 is 0.337 bits per heavy atom. The standard InChI is InChI=1S/C67H130O17P2/c1-7-10-12-14-15-16-17-21-25-28-31-38-44-50-65(70)78-56-63(83-66(71)51-45-39-32-29-26-23-20-18-19-22-24-27-30-36-41-47-59(4)5)58-82-86(75,76)80-54-61(68)53-79-85(73,74)81-57-62(55-77-64(69)49-43-35-13-11-8-2)84-67(72)52-46-40-34-33-37-42-48-60(6)9-3/h59-63,68H,7-58H2,1-6H3,(H,73,74)(H,75,76)/t60?,61-,62+,63+/m0/s1. The van der Waals surface area contributed by atoms with Gasteiger partial charge in [-0.25, -0.2) is 9.13 Å². The fourth-order valence-corrected chi connectivity index (χ4v) is 11.6. The lowest BCUT2D eigenvalue weighted by molar-refractivity contribution is -0.161. The molecule has 86 heavy (non-hydrogen) atoms. The maximum absolute atomic E-state index is 13.0. The molecule has 19 heteroatoms. The first kappa shape index (κ1) is 84.1. The lowest BCUT2D eigenvalue weighted by atomic mass is 10.00. The molecule has 0 bridgehead atoms. The van der Waals surface area contributed by atoms with Crippen LogP contribution in [0.2, 0.25) is 0 Å². The number of phosphoric ester groups is 2. The predicted octanol–water partition coefficient (Wildman–Crippen LogP) is 18.8. The Hall–Kier alpha value is -1.94. The van der Waals surface area contributed by atoms with Gasteiger partial charge in [-0.1, -0.05) is 286 Å². The second-order valence-corrected chi connectivity index (χ2v) is 27.8. The van der Waals surface area contributed by atoms with E-state index in [1.165, 1.54) is 148 Å². The van der Waals surface area contributed by atoms with E-state index in [-0.39, 0.29) is 25.7 Å².